The molecule has 0 aliphatic carbocycles. The number of amides is 1. The molecule has 0 saturated heterocycles. The summed E-state index contributed by atoms with van der Waals surface area (Å²) in [5, 5.41) is 8.44. The van der Waals surface area contributed by atoms with Crippen LogP contribution in [0.2, 0.25) is 0 Å². The molecule has 1 amide bonds. The van der Waals surface area contributed by atoms with E-state index in [1.807, 2.05) is 49.4 Å². The Morgan fingerprint density at radius 3 is 2.48 bits per heavy atom. The van der Waals surface area contributed by atoms with Crippen LogP contribution in [0.4, 0.5) is 0 Å². The van der Waals surface area contributed by atoms with E-state index in [-0.39, 0.29) is 11.7 Å². The molecule has 152 valence electrons. The molecule has 29 heavy (non-hydrogen) atoms. The minimum atomic E-state index is -0.0418. The number of carbonyl (C=O) groups excluding carboxylic acids is 1. The van der Waals surface area contributed by atoms with E-state index in [0.717, 1.165) is 16.7 Å². The van der Waals surface area contributed by atoms with E-state index in [4.69, 9.17) is 13.9 Å². The lowest BCUT2D eigenvalue weighted by Crippen LogP contribution is -2.27. The second kappa shape index (κ2) is 9.47. The molecular weight excluding hydrogens is 390 g/mol. The molecule has 1 aromatic heterocycles. The van der Waals surface area contributed by atoms with E-state index in [9.17, 15) is 4.79 Å². The molecule has 0 saturated carbocycles. The predicted octanol–water partition coefficient (Wildman–Crippen LogP) is 3.81. The fraction of sp³-hybridized carbons (Fsp3) is 0.286. The quantitative estimate of drug-likeness (QED) is 0.520. The molecule has 3 aromatic rings. The van der Waals surface area contributed by atoms with E-state index in [1.54, 1.807) is 26.2 Å². The average molecular weight is 413 g/mol. The Bertz CT molecular complexity index is 972. The maximum atomic E-state index is 12.5. The number of hydrogen-bond acceptors (Lipinski definition) is 7. The Labute approximate surface area is 174 Å². The largest absolute Gasteiger partial charge is 0.493 e. The van der Waals surface area contributed by atoms with Gasteiger partial charge in [0, 0.05) is 19.2 Å². The highest BCUT2D eigenvalue weighted by atomic mass is 32.2. The predicted molar refractivity (Wildman–Crippen MR) is 111 cm³/mol. The van der Waals surface area contributed by atoms with Gasteiger partial charge in [0.05, 0.1) is 20.0 Å². The molecule has 0 spiro atoms. The number of aryl methyl sites for hydroxylation is 1. The molecule has 0 atom stereocenters. The molecule has 8 heteroatoms. The smallest absolute Gasteiger partial charge is 0.277 e. The first-order chi connectivity index (χ1) is 14.0. The van der Waals surface area contributed by atoms with Crippen LogP contribution in [0.5, 0.6) is 11.5 Å². The molecule has 0 N–H and O–H groups in total. The van der Waals surface area contributed by atoms with Gasteiger partial charge in [-0.2, -0.15) is 0 Å². The number of aromatic nitrogens is 2. The maximum absolute atomic E-state index is 12.5. The number of benzene rings is 2. The van der Waals surface area contributed by atoms with Crippen LogP contribution in [0.1, 0.15) is 11.1 Å². The first-order valence-electron chi connectivity index (χ1n) is 8.98. The van der Waals surface area contributed by atoms with Gasteiger partial charge in [0.15, 0.2) is 11.5 Å². The number of methoxy groups -OCH3 is 2. The third-order valence-electron chi connectivity index (χ3n) is 4.32. The molecule has 0 radical (unpaired) electrons. The Balaban J connectivity index is 1.56. The summed E-state index contributed by atoms with van der Waals surface area (Å²) in [7, 11) is 4.93. The topological polar surface area (TPSA) is 77.7 Å². The van der Waals surface area contributed by atoms with Crippen molar-refractivity contribution in [2.24, 2.45) is 0 Å². The van der Waals surface area contributed by atoms with Crippen molar-refractivity contribution in [2.45, 2.75) is 18.7 Å². The number of thioether (sulfide) groups is 1. The molecule has 0 aliphatic rings. The maximum Gasteiger partial charge on any atom is 0.277 e. The first kappa shape index (κ1) is 20.7. The summed E-state index contributed by atoms with van der Waals surface area (Å²) in [6, 6.07) is 13.4. The Morgan fingerprint density at radius 2 is 1.79 bits per heavy atom. The highest BCUT2D eigenvalue weighted by molar-refractivity contribution is 7.99. The van der Waals surface area contributed by atoms with Gasteiger partial charge in [0.2, 0.25) is 11.8 Å². The normalized spacial score (nSPS) is 10.6. The van der Waals surface area contributed by atoms with Crippen molar-refractivity contribution in [2.75, 3.05) is 27.0 Å². The van der Waals surface area contributed by atoms with Crippen molar-refractivity contribution in [3.8, 4) is 23.0 Å². The fourth-order valence-corrected chi connectivity index (χ4v) is 3.36. The molecule has 1 heterocycles. The molecule has 0 unspecified atom stereocenters. The highest BCUT2D eigenvalue weighted by Crippen LogP contribution is 2.28. The molecule has 0 aliphatic heterocycles. The van der Waals surface area contributed by atoms with Crippen LogP contribution >= 0.6 is 11.8 Å². The third kappa shape index (κ3) is 5.29. The molecule has 0 fully saturated rings. The average Bonchev–Trinajstić information content (AvgIpc) is 3.21. The zero-order chi connectivity index (χ0) is 20.8. The number of hydrogen-bond donors (Lipinski definition) is 0. The fourth-order valence-electron chi connectivity index (χ4n) is 2.66. The lowest BCUT2D eigenvalue weighted by molar-refractivity contribution is -0.127. The summed E-state index contributed by atoms with van der Waals surface area (Å²) >= 11 is 1.22. The van der Waals surface area contributed by atoms with Gasteiger partial charge in [-0.1, -0.05) is 35.5 Å². The van der Waals surface area contributed by atoms with Gasteiger partial charge < -0.3 is 18.8 Å². The summed E-state index contributed by atoms with van der Waals surface area (Å²) in [6.07, 6.45) is 0. The van der Waals surface area contributed by atoms with Gasteiger partial charge in [-0.3, -0.25) is 4.79 Å². The lowest BCUT2D eigenvalue weighted by Gasteiger charge is -2.17. The minimum absolute atomic E-state index is 0.0418. The van der Waals surface area contributed by atoms with Crippen LogP contribution in [0, 0.1) is 6.92 Å². The summed E-state index contributed by atoms with van der Waals surface area (Å²) in [6.45, 7) is 2.47. The molecule has 7 nitrogen and oxygen atoms in total. The first-order valence-corrected chi connectivity index (χ1v) is 9.97. The van der Waals surface area contributed by atoms with Crippen LogP contribution < -0.4 is 9.47 Å². The zero-order valence-corrected chi connectivity index (χ0v) is 17.7. The van der Waals surface area contributed by atoms with Crippen LogP contribution in [-0.4, -0.2) is 48.0 Å². The Kier molecular flexibility index (Phi) is 6.77. The van der Waals surface area contributed by atoms with Crippen molar-refractivity contribution in [1.29, 1.82) is 0 Å². The van der Waals surface area contributed by atoms with Crippen molar-refractivity contribution >= 4 is 17.7 Å². The third-order valence-corrected chi connectivity index (χ3v) is 5.12. The molecule has 3 rings (SSSR count). The van der Waals surface area contributed by atoms with Gasteiger partial charge in [-0.25, -0.2) is 0 Å². The standard InChI is InChI=1S/C21H23N3O4S/c1-14-5-8-16(9-6-14)20-22-23-21(28-20)29-13-19(25)24(2)12-15-7-10-17(26-3)18(11-15)27-4/h5-11H,12-13H2,1-4H3. The molecular formula is C21H23N3O4S. The van der Waals surface area contributed by atoms with Gasteiger partial charge in [-0.05, 0) is 36.8 Å². The van der Waals surface area contributed by atoms with E-state index in [0.29, 0.717) is 29.2 Å². The van der Waals surface area contributed by atoms with Crippen LogP contribution in [-0.2, 0) is 11.3 Å². The second-order valence-corrected chi connectivity index (χ2v) is 7.39. The summed E-state index contributed by atoms with van der Waals surface area (Å²) in [5.41, 5.74) is 2.96. The van der Waals surface area contributed by atoms with E-state index < -0.39 is 0 Å². The summed E-state index contributed by atoms with van der Waals surface area (Å²) in [5.74, 6) is 1.90. The summed E-state index contributed by atoms with van der Waals surface area (Å²) in [4.78, 5) is 14.1. The number of ether oxygens (including phenoxy) is 2. The lowest BCUT2D eigenvalue weighted by atomic mass is 10.1. The van der Waals surface area contributed by atoms with Crippen LogP contribution in [0.25, 0.3) is 11.5 Å². The monoisotopic (exact) mass is 413 g/mol. The Hall–Kier alpha value is -3.00. The molecule has 2 aromatic carbocycles. The number of carbonyl (C=O) groups is 1. The SMILES string of the molecule is COc1ccc(CN(C)C(=O)CSc2nnc(-c3ccc(C)cc3)o2)cc1OC. The molecule has 0 bridgehead atoms. The number of nitrogens with zero attached hydrogens (tertiary/aromatic N) is 3. The van der Waals surface area contributed by atoms with Crippen molar-refractivity contribution < 1.29 is 18.7 Å². The minimum Gasteiger partial charge on any atom is -0.493 e. The van der Waals surface area contributed by atoms with E-state index >= 15 is 0 Å². The number of rotatable bonds is 8. The zero-order valence-electron chi connectivity index (χ0n) is 16.8. The van der Waals surface area contributed by atoms with Crippen molar-refractivity contribution in [1.82, 2.24) is 15.1 Å². The highest BCUT2D eigenvalue weighted by Gasteiger charge is 2.15. The van der Waals surface area contributed by atoms with Gasteiger partial charge >= 0.3 is 0 Å². The van der Waals surface area contributed by atoms with Gasteiger partial charge in [-0.15, -0.1) is 10.2 Å². The van der Waals surface area contributed by atoms with Gasteiger partial charge in [0.25, 0.3) is 5.22 Å². The van der Waals surface area contributed by atoms with E-state index in [1.165, 1.54) is 11.8 Å². The Morgan fingerprint density at radius 1 is 1.07 bits per heavy atom. The van der Waals surface area contributed by atoms with Crippen molar-refractivity contribution in [3.05, 3.63) is 53.6 Å². The van der Waals surface area contributed by atoms with Crippen LogP contribution in [0.15, 0.2) is 52.1 Å². The second-order valence-electron chi connectivity index (χ2n) is 6.47. The summed E-state index contributed by atoms with van der Waals surface area (Å²) < 4.78 is 16.2. The van der Waals surface area contributed by atoms with Gasteiger partial charge in [0.1, 0.15) is 0 Å². The van der Waals surface area contributed by atoms with Crippen molar-refractivity contribution in [3.63, 3.8) is 0 Å². The van der Waals surface area contributed by atoms with Crippen LogP contribution in [0.3, 0.4) is 0 Å². The van der Waals surface area contributed by atoms with E-state index in [2.05, 4.69) is 10.2 Å².